The lowest BCUT2D eigenvalue weighted by Gasteiger charge is -2.19. The Bertz CT molecular complexity index is 216. The molecule has 0 aromatic carbocycles. The van der Waals surface area contributed by atoms with Crippen LogP contribution in [0, 0.1) is 0 Å². The summed E-state index contributed by atoms with van der Waals surface area (Å²) in [6.45, 7) is 3.46. The fourth-order valence-electron chi connectivity index (χ4n) is 0.956. The summed E-state index contributed by atoms with van der Waals surface area (Å²) >= 11 is 0. The Morgan fingerprint density at radius 2 is 2.45 bits per heavy atom. The van der Waals surface area contributed by atoms with Gasteiger partial charge in [-0.3, -0.25) is 4.79 Å². The van der Waals surface area contributed by atoms with Gasteiger partial charge in [-0.2, -0.15) is 0 Å². The second-order valence-corrected chi connectivity index (χ2v) is 2.56. The van der Waals surface area contributed by atoms with Crippen LogP contribution >= 0.6 is 0 Å². The Morgan fingerprint density at radius 3 is 3.00 bits per heavy atom. The molecule has 0 fully saturated rings. The SMILES string of the molecule is CC(=O)NC1C=CC=C(C)N1. The fourth-order valence-corrected chi connectivity index (χ4v) is 0.956. The quantitative estimate of drug-likeness (QED) is 0.575. The van der Waals surface area contributed by atoms with Gasteiger partial charge in [-0.1, -0.05) is 6.08 Å². The summed E-state index contributed by atoms with van der Waals surface area (Å²) in [6.07, 6.45) is 5.73. The first kappa shape index (κ1) is 7.85. The predicted molar refractivity (Wildman–Crippen MR) is 43.6 cm³/mol. The van der Waals surface area contributed by atoms with E-state index in [0.29, 0.717) is 0 Å². The molecule has 1 unspecified atom stereocenters. The molecule has 1 amide bonds. The molecule has 0 radical (unpaired) electrons. The van der Waals surface area contributed by atoms with Crippen molar-refractivity contribution in [1.29, 1.82) is 0 Å². The number of rotatable bonds is 1. The fraction of sp³-hybridized carbons (Fsp3) is 0.375. The molecule has 1 atom stereocenters. The summed E-state index contributed by atoms with van der Waals surface area (Å²) in [6, 6.07) is 0. The van der Waals surface area contributed by atoms with Gasteiger partial charge < -0.3 is 10.6 Å². The first-order chi connectivity index (χ1) is 5.18. The van der Waals surface area contributed by atoms with Crippen LogP contribution in [0.1, 0.15) is 13.8 Å². The van der Waals surface area contributed by atoms with Crippen LogP contribution in [-0.4, -0.2) is 12.1 Å². The first-order valence-corrected chi connectivity index (χ1v) is 3.57. The van der Waals surface area contributed by atoms with Crippen molar-refractivity contribution >= 4 is 5.91 Å². The van der Waals surface area contributed by atoms with E-state index in [1.54, 1.807) is 0 Å². The Hall–Kier alpha value is -1.25. The lowest BCUT2D eigenvalue weighted by Crippen LogP contribution is -2.43. The van der Waals surface area contributed by atoms with Gasteiger partial charge in [-0.05, 0) is 19.1 Å². The van der Waals surface area contributed by atoms with E-state index in [9.17, 15) is 4.79 Å². The van der Waals surface area contributed by atoms with Crippen molar-refractivity contribution in [2.24, 2.45) is 0 Å². The topological polar surface area (TPSA) is 41.1 Å². The molecule has 0 saturated carbocycles. The van der Waals surface area contributed by atoms with E-state index < -0.39 is 0 Å². The van der Waals surface area contributed by atoms with E-state index in [-0.39, 0.29) is 12.1 Å². The third kappa shape index (κ3) is 2.45. The molecular weight excluding hydrogens is 140 g/mol. The molecule has 11 heavy (non-hydrogen) atoms. The van der Waals surface area contributed by atoms with Crippen LogP contribution in [0.25, 0.3) is 0 Å². The number of nitrogens with one attached hydrogen (secondary N) is 2. The Labute approximate surface area is 66.2 Å². The average Bonchev–Trinajstić information content (AvgIpc) is 1.85. The number of carbonyl (C=O) groups is 1. The third-order valence-electron chi connectivity index (χ3n) is 1.39. The summed E-state index contributed by atoms with van der Waals surface area (Å²) in [5, 5.41) is 5.82. The van der Waals surface area contributed by atoms with Gasteiger partial charge in [0.15, 0.2) is 0 Å². The summed E-state index contributed by atoms with van der Waals surface area (Å²) < 4.78 is 0. The molecule has 3 heteroatoms. The number of carbonyl (C=O) groups excluding carboxylic acids is 1. The van der Waals surface area contributed by atoms with Crippen molar-refractivity contribution in [3.05, 3.63) is 23.9 Å². The zero-order chi connectivity index (χ0) is 8.27. The molecule has 0 aromatic heterocycles. The smallest absolute Gasteiger partial charge is 0.218 e. The van der Waals surface area contributed by atoms with Crippen molar-refractivity contribution in [3.63, 3.8) is 0 Å². The molecule has 0 spiro atoms. The Balaban J connectivity index is 2.46. The lowest BCUT2D eigenvalue weighted by molar-refractivity contribution is -0.119. The normalized spacial score (nSPS) is 22.0. The van der Waals surface area contributed by atoms with Crippen LogP contribution in [-0.2, 0) is 4.79 Å². The third-order valence-corrected chi connectivity index (χ3v) is 1.39. The highest BCUT2D eigenvalue weighted by atomic mass is 16.1. The summed E-state index contributed by atoms with van der Waals surface area (Å²) in [5.74, 6) is -0.0261. The standard InChI is InChI=1S/C8H12N2O/c1-6-4-3-5-8(9-6)10-7(2)11/h3-5,8-9H,1-2H3,(H,10,11). The van der Waals surface area contributed by atoms with Crippen molar-refractivity contribution < 1.29 is 4.79 Å². The predicted octanol–water partition coefficient (Wildman–Crippen LogP) is 0.512. The highest BCUT2D eigenvalue weighted by Gasteiger charge is 2.06. The largest absolute Gasteiger partial charge is 0.366 e. The molecule has 1 aliphatic rings. The van der Waals surface area contributed by atoms with Gasteiger partial charge in [0.25, 0.3) is 0 Å². The molecule has 1 aliphatic heterocycles. The van der Waals surface area contributed by atoms with E-state index in [4.69, 9.17) is 0 Å². The minimum absolute atomic E-state index is 0.0261. The highest BCUT2D eigenvalue weighted by Crippen LogP contribution is 1.98. The summed E-state index contributed by atoms with van der Waals surface area (Å²) in [4.78, 5) is 10.6. The van der Waals surface area contributed by atoms with Gasteiger partial charge >= 0.3 is 0 Å². The molecule has 1 rings (SSSR count). The molecule has 3 nitrogen and oxygen atoms in total. The van der Waals surface area contributed by atoms with Gasteiger partial charge in [0.05, 0.1) is 0 Å². The molecule has 0 aliphatic carbocycles. The maximum Gasteiger partial charge on any atom is 0.218 e. The van der Waals surface area contributed by atoms with Crippen LogP contribution in [0.15, 0.2) is 23.9 Å². The molecule has 60 valence electrons. The first-order valence-electron chi connectivity index (χ1n) is 3.57. The van der Waals surface area contributed by atoms with E-state index in [2.05, 4.69) is 10.6 Å². The van der Waals surface area contributed by atoms with Crippen LogP contribution in [0.5, 0.6) is 0 Å². The van der Waals surface area contributed by atoms with Crippen molar-refractivity contribution in [1.82, 2.24) is 10.6 Å². The number of hydrogen-bond acceptors (Lipinski definition) is 2. The zero-order valence-corrected chi connectivity index (χ0v) is 6.72. The van der Waals surface area contributed by atoms with E-state index >= 15 is 0 Å². The molecule has 1 heterocycles. The number of amides is 1. The number of hydrogen-bond donors (Lipinski definition) is 2. The monoisotopic (exact) mass is 152 g/mol. The second kappa shape index (κ2) is 3.23. The van der Waals surface area contributed by atoms with E-state index in [0.717, 1.165) is 5.70 Å². The molecule has 0 saturated heterocycles. The van der Waals surface area contributed by atoms with Gasteiger partial charge in [-0.25, -0.2) is 0 Å². The minimum atomic E-state index is -0.0440. The molecule has 2 N–H and O–H groups in total. The van der Waals surface area contributed by atoms with Crippen LogP contribution in [0.3, 0.4) is 0 Å². The maximum absolute atomic E-state index is 10.6. The second-order valence-electron chi connectivity index (χ2n) is 2.56. The van der Waals surface area contributed by atoms with Crippen LogP contribution < -0.4 is 10.6 Å². The maximum atomic E-state index is 10.6. The van der Waals surface area contributed by atoms with Crippen molar-refractivity contribution in [2.45, 2.75) is 20.0 Å². The minimum Gasteiger partial charge on any atom is -0.366 e. The van der Waals surface area contributed by atoms with Crippen LogP contribution in [0.2, 0.25) is 0 Å². The zero-order valence-electron chi connectivity index (χ0n) is 6.72. The van der Waals surface area contributed by atoms with E-state index in [1.165, 1.54) is 6.92 Å². The van der Waals surface area contributed by atoms with E-state index in [1.807, 2.05) is 25.2 Å². The molecule has 0 aromatic rings. The molecule has 0 bridgehead atoms. The van der Waals surface area contributed by atoms with Crippen molar-refractivity contribution in [2.75, 3.05) is 0 Å². The van der Waals surface area contributed by atoms with Gasteiger partial charge in [0.2, 0.25) is 5.91 Å². The lowest BCUT2D eigenvalue weighted by atomic mass is 10.2. The van der Waals surface area contributed by atoms with Gasteiger partial charge in [0.1, 0.15) is 6.17 Å². The Morgan fingerprint density at radius 1 is 1.73 bits per heavy atom. The van der Waals surface area contributed by atoms with Crippen molar-refractivity contribution in [3.8, 4) is 0 Å². The van der Waals surface area contributed by atoms with Gasteiger partial charge in [-0.15, -0.1) is 0 Å². The summed E-state index contributed by atoms with van der Waals surface area (Å²) in [5.41, 5.74) is 1.06. The summed E-state index contributed by atoms with van der Waals surface area (Å²) in [7, 11) is 0. The number of dihydropyridines is 1. The molecular formula is C8H12N2O. The number of allylic oxidation sites excluding steroid dienone is 3. The average molecular weight is 152 g/mol. The Kier molecular flexibility index (Phi) is 2.31. The highest BCUT2D eigenvalue weighted by molar-refractivity contribution is 5.73. The van der Waals surface area contributed by atoms with Crippen LogP contribution in [0.4, 0.5) is 0 Å². The van der Waals surface area contributed by atoms with Gasteiger partial charge in [0, 0.05) is 12.6 Å².